The molecule has 0 spiro atoms. The van der Waals surface area contributed by atoms with Crippen molar-refractivity contribution in [1.82, 2.24) is 15.6 Å². The Morgan fingerprint density at radius 1 is 1.33 bits per heavy atom. The number of hydroxylamine groups is 2. The highest BCUT2D eigenvalue weighted by Crippen LogP contribution is 2.36. The van der Waals surface area contributed by atoms with Crippen LogP contribution < -0.4 is 10.5 Å². The standard InChI is InChI=1S/C12H26BN3O2/c1-11(2)7-9(8-12(3,4)16(11)18)15-10(17)5-6-14-13/h9,14,18H,5-8,13H2,1-4H3,(H,15,17). The second-order valence-corrected chi connectivity index (χ2v) is 6.46. The summed E-state index contributed by atoms with van der Waals surface area (Å²) in [5.41, 5.74) is -0.634. The molecule has 1 aliphatic rings. The zero-order valence-electron chi connectivity index (χ0n) is 12.2. The molecule has 0 aromatic rings. The molecule has 1 heterocycles. The highest BCUT2D eigenvalue weighted by molar-refractivity contribution is 6.04. The lowest BCUT2D eigenvalue weighted by Crippen LogP contribution is -2.63. The molecule has 1 aliphatic heterocycles. The van der Waals surface area contributed by atoms with Crippen LogP contribution in [0.15, 0.2) is 0 Å². The highest BCUT2D eigenvalue weighted by Gasteiger charge is 2.45. The van der Waals surface area contributed by atoms with Crippen LogP contribution in [0.1, 0.15) is 47.0 Å². The molecule has 1 saturated heterocycles. The average molecular weight is 255 g/mol. The predicted molar refractivity (Wildman–Crippen MR) is 74.1 cm³/mol. The maximum absolute atomic E-state index is 11.7. The fourth-order valence-corrected chi connectivity index (χ4v) is 2.91. The molecule has 0 radical (unpaired) electrons. The SMILES string of the molecule is BNCCC(=O)NC1CC(C)(C)N(O)C(C)(C)C1. The Morgan fingerprint density at radius 3 is 2.28 bits per heavy atom. The van der Waals surface area contributed by atoms with Gasteiger partial charge in [-0.2, -0.15) is 5.06 Å². The number of rotatable bonds is 4. The third-order valence-corrected chi connectivity index (χ3v) is 3.61. The van der Waals surface area contributed by atoms with Crippen LogP contribution in [0.25, 0.3) is 0 Å². The van der Waals surface area contributed by atoms with Crippen LogP contribution in [0.3, 0.4) is 0 Å². The maximum Gasteiger partial charge on any atom is 0.221 e. The first-order valence-corrected chi connectivity index (χ1v) is 6.62. The molecule has 0 bridgehead atoms. The first-order valence-electron chi connectivity index (χ1n) is 6.62. The van der Waals surface area contributed by atoms with Gasteiger partial charge in [-0.05, 0) is 47.1 Å². The molecule has 6 heteroatoms. The van der Waals surface area contributed by atoms with Crippen molar-refractivity contribution in [3.63, 3.8) is 0 Å². The first kappa shape index (κ1) is 15.5. The number of piperidine rings is 1. The van der Waals surface area contributed by atoms with Crippen molar-refractivity contribution in [2.24, 2.45) is 0 Å². The molecule has 0 aliphatic carbocycles. The van der Waals surface area contributed by atoms with E-state index in [1.807, 2.05) is 35.7 Å². The molecule has 0 saturated carbocycles. The van der Waals surface area contributed by atoms with E-state index in [-0.39, 0.29) is 23.0 Å². The molecule has 0 unspecified atom stereocenters. The van der Waals surface area contributed by atoms with Gasteiger partial charge in [-0.25, -0.2) is 0 Å². The maximum atomic E-state index is 11.7. The van der Waals surface area contributed by atoms with Gasteiger partial charge in [-0.1, -0.05) is 0 Å². The van der Waals surface area contributed by atoms with Gasteiger partial charge in [-0.3, -0.25) is 4.79 Å². The lowest BCUT2D eigenvalue weighted by atomic mass is 9.79. The van der Waals surface area contributed by atoms with Gasteiger partial charge >= 0.3 is 0 Å². The van der Waals surface area contributed by atoms with Crippen molar-refractivity contribution in [2.75, 3.05) is 6.54 Å². The fraction of sp³-hybridized carbons (Fsp3) is 0.917. The molecular formula is C12H26BN3O2. The van der Waals surface area contributed by atoms with E-state index in [9.17, 15) is 10.0 Å². The molecule has 1 amide bonds. The molecule has 5 nitrogen and oxygen atoms in total. The molecule has 0 aromatic carbocycles. The van der Waals surface area contributed by atoms with E-state index in [4.69, 9.17) is 0 Å². The van der Waals surface area contributed by atoms with Crippen LogP contribution >= 0.6 is 0 Å². The number of nitrogens with one attached hydrogen (secondary N) is 2. The van der Waals surface area contributed by atoms with Crippen LogP contribution in [-0.2, 0) is 4.79 Å². The summed E-state index contributed by atoms with van der Waals surface area (Å²) in [6.07, 6.45) is 2.02. The zero-order chi connectivity index (χ0) is 14.0. The minimum atomic E-state index is -0.317. The predicted octanol–water partition coefficient (Wildman–Crippen LogP) is 0.0412. The molecule has 1 rings (SSSR count). The Kier molecular flexibility index (Phi) is 4.81. The van der Waals surface area contributed by atoms with Crippen molar-refractivity contribution in [3.05, 3.63) is 0 Å². The van der Waals surface area contributed by atoms with Gasteiger partial charge in [-0.15, -0.1) is 0 Å². The Hall–Kier alpha value is -0.585. The minimum absolute atomic E-state index is 0.0762. The van der Waals surface area contributed by atoms with Gasteiger partial charge < -0.3 is 15.8 Å². The molecule has 0 atom stereocenters. The molecule has 18 heavy (non-hydrogen) atoms. The summed E-state index contributed by atoms with van der Waals surface area (Å²) in [6, 6.07) is 0.128. The van der Waals surface area contributed by atoms with Gasteiger partial charge in [0.05, 0.1) is 0 Å². The molecule has 3 N–H and O–H groups in total. The van der Waals surface area contributed by atoms with Crippen LogP contribution in [-0.4, -0.2) is 47.8 Å². The van der Waals surface area contributed by atoms with Crippen molar-refractivity contribution in [2.45, 2.75) is 64.1 Å². The largest absolute Gasteiger partial charge is 0.361 e. The number of carbonyl (C=O) groups excluding carboxylic acids is 1. The minimum Gasteiger partial charge on any atom is -0.361 e. The van der Waals surface area contributed by atoms with Crippen molar-refractivity contribution in [3.8, 4) is 0 Å². The van der Waals surface area contributed by atoms with E-state index < -0.39 is 0 Å². The van der Waals surface area contributed by atoms with E-state index in [1.165, 1.54) is 5.06 Å². The van der Waals surface area contributed by atoms with E-state index >= 15 is 0 Å². The third kappa shape index (κ3) is 3.70. The lowest BCUT2D eigenvalue weighted by molar-refractivity contribution is -0.246. The summed E-state index contributed by atoms with van der Waals surface area (Å²) in [5.74, 6) is 0.0762. The highest BCUT2D eigenvalue weighted by atomic mass is 16.5. The van der Waals surface area contributed by atoms with Crippen molar-refractivity contribution in [1.29, 1.82) is 0 Å². The monoisotopic (exact) mass is 255 g/mol. The van der Waals surface area contributed by atoms with E-state index in [0.29, 0.717) is 13.0 Å². The Labute approximate surface area is 111 Å². The fourth-order valence-electron chi connectivity index (χ4n) is 2.91. The normalized spacial score (nSPS) is 23.8. The number of nitrogens with zero attached hydrogens (tertiary/aromatic N) is 1. The summed E-state index contributed by atoms with van der Waals surface area (Å²) in [4.78, 5) is 11.7. The van der Waals surface area contributed by atoms with Gasteiger partial charge in [0.2, 0.25) is 5.91 Å². The van der Waals surface area contributed by atoms with Crippen molar-refractivity contribution >= 4 is 13.9 Å². The smallest absolute Gasteiger partial charge is 0.221 e. The van der Waals surface area contributed by atoms with Crippen LogP contribution in [0.5, 0.6) is 0 Å². The van der Waals surface area contributed by atoms with Crippen LogP contribution in [0, 0.1) is 0 Å². The van der Waals surface area contributed by atoms with Crippen molar-refractivity contribution < 1.29 is 10.0 Å². The molecular weight excluding hydrogens is 229 g/mol. The van der Waals surface area contributed by atoms with Crippen LogP contribution in [0.4, 0.5) is 0 Å². The summed E-state index contributed by atoms with van der Waals surface area (Å²) < 4.78 is 0. The second kappa shape index (κ2) is 5.59. The van der Waals surface area contributed by atoms with Gasteiger partial charge in [0.25, 0.3) is 0 Å². The van der Waals surface area contributed by atoms with E-state index in [0.717, 1.165) is 12.8 Å². The number of carbonyl (C=O) groups is 1. The molecule has 1 fully saturated rings. The Balaban J connectivity index is 2.61. The molecule has 104 valence electrons. The van der Waals surface area contributed by atoms with Gasteiger partial charge in [0.15, 0.2) is 7.98 Å². The number of hydrogen-bond acceptors (Lipinski definition) is 4. The Bertz CT molecular complexity index is 290. The average Bonchev–Trinajstić information content (AvgIpc) is 2.22. The van der Waals surface area contributed by atoms with Gasteiger partial charge in [0, 0.05) is 23.5 Å². The lowest BCUT2D eigenvalue weighted by Gasteiger charge is -2.51. The summed E-state index contributed by atoms with van der Waals surface area (Å²) >= 11 is 0. The van der Waals surface area contributed by atoms with Gasteiger partial charge in [0.1, 0.15) is 0 Å². The number of amides is 1. The van der Waals surface area contributed by atoms with E-state index in [2.05, 4.69) is 10.5 Å². The summed E-state index contributed by atoms with van der Waals surface area (Å²) in [6.45, 7) is 8.69. The third-order valence-electron chi connectivity index (χ3n) is 3.61. The summed E-state index contributed by atoms with van der Waals surface area (Å²) in [7, 11) is 1.84. The Morgan fingerprint density at radius 2 is 1.83 bits per heavy atom. The second-order valence-electron chi connectivity index (χ2n) is 6.46. The van der Waals surface area contributed by atoms with E-state index in [1.54, 1.807) is 0 Å². The molecule has 0 aromatic heterocycles. The van der Waals surface area contributed by atoms with Crippen LogP contribution in [0.2, 0.25) is 0 Å². The first-order chi connectivity index (χ1) is 8.19. The zero-order valence-corrected chi connectivity index (χ0v) is 12.2. The topological polar surface area (TPSA) is 64.6 Å². The number of hydrogen-bond donors (Lipinski definition) is 3. The summed E-state index contributed by atoms with van der Waals surface area (Å²) in [5, 5.41) is 17.6. The quantitative estimate of drug-likeness (QED) is 0.621.